The molecule has 0 aliphatic carbocycles. The molecule has 0 spiro atoms. The van der Waals surface area contributed by atoms with E-state index in [1.807, 2.05) is 48.5 Å². The topological polar surface area (TPSA) is 49.9 Å². The summed E-state index contributed by atoms with van der Waals surface area (Å²) in [5.41, 5.74) is 9.40. The van der Waals surface area contributed by atoms with E-state index in [1.54, 1.807) is 0 Å². The van der Waals surface area contributed by atoms with Crippen molar-refractivity contribution in [1.82, 2.24) is 5.32 Å². The molecule has 0 bridgehead atoms. The normalized spacial score (nSPS) is 14.6. The smallest absolute Gasteiger partial charge is 0.159 e. The third-order valence-corrected chi connectivity index (χ3v) is 8.95. The summed E-state index contributed by atoms with van der Waals surface area (Å²) in [6, 6.07) is 57.0. The number of nitrogens with zero attached hydrogens (tertiary/aromatic N) is 2. The Morgan fingerprint density at radius 2 is 1.11 bits per heavy atom. The Hall–Kier alpha value is -6.26. The molecule has 1 unspecified atom stereocenters. The molecule has 1 aliphatic heterocycles. The maximum Gasteiger partial charge on any atom is 0.159 e. The van der Waals surface area contributed by atoms with Gasteiger partial charge in [-0.3, -0.25) is 0 Å². The number of hydrogen-bond donors (Lipinski definition) is 1. The minimum absolute atomic E-state index is 0.343. The molecule has 2 heterocycles. The van der Waals surface area contributed by atoms with Crippen LogP contribution >= 0.6 is 0 Å². The van der Waals surface area contributed by atoms with Crippen LogP contribution in [0.15, 0.2) is 178 Å². The molecule has 1 aromatic heterocycles. The van der Waals surface area contributed by atoms with E-state index in [4.69, 9.17) is 14.4 Å². The molecule has 0 saturated heterocycles. The minimum Gasteiger partial charge on any atom is -0.456 e. The highest BCUT2D eigenvalue weighted by Gasteiger charge is 2.24. The van der Waals surface area contributed by atoms with Gasteiger partial charge in [0.2, 0.25) is 0 Å². The summed E-state index contributed by atoms with van der Waals surface area (Å²) in [7, 11) is 0. The Morgan fingerprint density at radius 1 is 0.468 bits per heavy atom. The van der Waals surface area contributed by atoms with Gasteiger partial charge in [0, 0.05) is 27.5 Å². The van der Waals surface area contributed by atoms with Gasteiger partial charge in [-0.2, -0.15) is 0 Å². The molecule has 1 N–H and O–H groups in total. The van der Waals surface area contributed by atoms with E-state index in [1.165, 1.54) is 21.9 Å². The zero-order valence-electron chi connectivity index (χ0n) is 25.5. The molecule has 9 rings (SSSR count). The van der Waals surface area contributed by atoms with Crippen molar-refractivity contribution in [3.63, 3.8) is 0 Å². The average Bonchev–Trinajstić information content (AvgIpc) is 3.53. The number of hydrogen-bond acceptors (Lipinski definition) is 4. The highest BCUT2D eigenvalue weighted by Crippen LogP contribution is 2.38. The number of rotatable bonds is 5. The summed E-state index contributed by atoms with van der Waals surface area (Å²) >= 11 is 0. The molecular formula is C43H29N3O. The minimum atomic E-state index is -0.343. The molecule has 4 heteroatoms. The summed E-state index contributed by atoms with van der Waals surface area (Å²) in [6.07, 6.45) is -0.343. The molecule has 8 aromatic rings. The number of furan rings is 1. The van der Waals surface area contributed by atoms with E-state index in [0.29, 0.717) is 5.84 Å². The summed E-state index contributed by atoms with van der Waals surface area (Å²) < 4.78 is 6.50. The van der Waals surface area contributed by atoms with E-state index < -0.39 is 0 Å². The lowest BCUT2D eigenvalue weighted by atomic mass is 9.97. The molecule has 0 amide bonds. The van der Waals surface area contributed by atoms with Gasteiger partial charge in [-0.05, 0) is 57.3 Å². The molecular weight excluding hydrogens is 574 g/mol. The van der Waals surface area contributed by atoms with Crippen LogP contribution in [0.4, 0.5) is 0 Å². The first kappa shape index (κ1) is 27.1. The highest BCUT2D eigenvalue weighted by atomic mass is 16.3. The van der Waals surface area contributed by atoms with E-state index >= 15 is 0 Å². The Labute approximate surface area is 272 Å². The lowest BCUT2D eigenvalue weighted by Gasteiger charge is -2.24. The lowest BCUT2D eigenvalue weighted by molar-refractivity contribution is 0.662. The van der Waals surface area contributed by atoms with Crippen LogP contribution in [0.3, 0.4) is 0 Å². The van der Waals surface area contributed by atoms with Gasteiger partial charge in [-0.15, -0.1) is 0 Å². The molecule has 4 nitrogen and oxygen atoms in total. The van der Waals surface area contributed by atoms with Crippen LogP contribution in [0.25, 0.3) is 55.0 Å². The van der Waals surface area contributed by atoms with Crippen molar-refractivity contribution >= 4 is 44.4 Å². The first-order valence-corrected chi connectivity index (χ1v) is 15.9. The van der Waals surface area contributed by atoms with Crippen LogP contribution in [0.1, 0.15) is 22.9 Å². The summed E-state index contributed by atoms with van der Waals surface area (Å²) in [4.78, 5) is 10.1. The fourth-order valence-electron chi connectivity index (χ4n) is 6.55. The number of nitrogens with one attached hydrogen (secondary N) is 1. The van der Waals surface area contributed by atoms with Crippen molar-refractivity contribution < 1.29 is 4.42 Å². The lowest BCUT2D eigenvalue weighted by Crippen LogP contribution is -2.33. The van der Waals surface area contributed by atoms with E-state index in [-0.39, 0.29) is 6.17 Å². The van der Waals surface area contributed by atoms with Crippen molar-refractivity contribution in [3.8, 4) is 22.3 Å². The van der Waals surface area contributed by atoms with Crippen molar-refractivity contribution in [2.24, 2.45) is 9.98 Å². The fraction of sp³-hybridized carbons (Fsp3) is 0.0233. The molecule has 1 atom stereocenters. The number of benzene rings is 7. The molecule has 47 heavy (non-hydrogen) atoms. The monoisotopic (exact) mass is 603 g/mol. The van der Waals surface area contributed by atoms with Gasteiger partial charge >= 0.3 is 0 Å². The molecule has 0 fully saturated rings. The zero-order chi connectivity index (χ0) is 31.2. The van der Waals surface area contributed by atoms with Crippen molar-refractivity contribution in [3.05, 3.63) is 180 Å². The molecule has 222 valence electrons. The third-order valence-electron chi connectivity index (χ3n) is 8.95. The zero-order valence-corrected chi connectivity index (χ0v) is 25.5. The summed E-state index contributed by atoms with van der Waals surface area (Å²) in [5, 5.41) is 8.24. The van der Waals surface area contributed by atoms with Gasteiger partial charge in [0.05, 0.1) is 0 Å². The Kier molecular flexibility index (Phi) is 6.50. The molecule has 0 radical (unpaired) electrons. The van der Waals surface area contributed by atoms with Crippen molar-refractivity contribution in [1.29, 1.82) is 0 Å². The largest absolute Gasteiger partial charge is 0.456 e. The van der Waals surface area contributed by atoms with Crippen LogP contribution < -0.4 is 5.32 Å². The van der Waals surface area contributed by atoms with Gasteiger partial charge in [0.15, 0.2) is 5.84 Å². The van der Waals surface area contributed by atoms with Crippen LogP contribution in [0.2, 0.25) is 0 Å². The van der Waals surface area contributed by atoms with Gasteiger partial charge in [-0.25, -0.2) is 9.98 Å². The second-order valence-corrected chi connectivity index (χ2v) is 11.9. The number of amidine groups is 2. The first-order chi connectivity index (χ1) is 23.3. The fourth-order valence-corrected chi connectivity index (χ4v) is 6.55. The second-order valence-electron chi connectivity index (χ2n) is 11.9. The van der Waals surface area contributed by atoms with Gasteiger partial charge in [-0.1, -0.05) is 140 Å². The average molecular weight is 604 g/mol. The van der Waals surface area contributed by atoms with E-state index in [0.717, 1.165) is 55.6 Å². The predicted octanol–water partition coefficient (Wildman–Crippen LogP) is 10.6. The first-order valence-electron chi connectivity index (χ1n) is 15.9. The number of fused-ring (bicyclic) bond motifs is 4. The maximum absolute atomic E-state index is 6.50. The second kappa shape index (κ2) is 11.3. The Balaban J connectivity index is 1.09. The van der Waals surface area contributed by atoms with Crippen LogP contribution in [0, 0.1) is 0 Å². The Bertz CT molecular complexity index is 2480. The Morgan fingerprint density at radius 3 is 1.87 bits per heavy atom. The van der Waals surface area contributed by atoms with Gasteiger partial charge < -0.3 is 9.73 Å². The van der Waals surface area contributed by atoms with Crippen LogP contribution in [-0.2, 0) is 0 Å². The van der Waals surface area contributed by atoms with Crippen LogP contribution in [0.5, 0.6) is 0 Å². The summed E-state index contributed by atoms with van der Waals surface area (Å²) in [6.45, 7) is 0. The third kappa shape index (κ3) is 4.97. The van der Waals surface area contributed by atoms with Gasteiger partial charge in [0.1, 0.15) is 23.2 Å². The van der Waals surface area contributed by atoms with Gasteiger partial charge in [0.25, 0.3) is 0 Å². The molecule has 1 aliphatic rings. The van der Waals surface area contributed by atoms with Crippen molar-refractivity contribution in [2.75, 3.05) is 0 Å². The van der Waals surface area contributed by atoms with E-state index in [2.05, 4.69) is 121 Å². The standard InChI is InChI=1S/C43H29N3O/c1-3-11-31(12-4-1)41-44-42(32-13-5-2-6-14-32)46-43(45-41)37-16-9-17-38-40(37)36-25-24-35(27-39(36)47-38)30-20-18-29(19-21-30)34-23-22-28-10-7-8-15-33(28)26-34/h1-27,43H,(H,44,45,46). The molecule has 0 saturated carbocycles. The quantitative estimate of drug-likeness (QED) is 0.213. The highest BCUT2D eigenvalue weighted by molar-refractivity contribution is 6.14. The van der Waals surface area contributed by atoms with Crippen molar-refractivity contribution in [2.45, 2.75) is 6.17 Å². The molecule has 7 aromatic carbocycles. The SMILES string of the molecule is c1ccc(C2=NC(c3cccc4oc5cc(-c6ccc(-c7ccc8ccccc8c7)cc6)ccc5c34)NC(c3ccccc3)=N2)cc1. The van der Waals surface area contributed by atoms with E-state index in [9.17, 15) is 0 Å². The number of aliphatic imine (C=N–C) groups is 2. The predicted molar refractivity (Wildman–Crippen MR) is 194 cm³/mol. The van der Waals surface area contributed by atoms with Crippen LogP contribution in [-0.4, -0.2) is 11.7 Å². The maximum atomic E-state index is 6.50. The summed E-state index contributed by atoms with van der Waals surface area (Å²) in [5.74, 6) is 1.50.